The zero-order valence-electron chi connectivity index (χ0n) is 9.44. The number of para-hydroxylation sites is 1. The molecule has 0 aliphatic heterocycles. The Hall–Kier alpha value is -1.61. The third-order valence-corrected chi connectivity index (χ3v) is 2.56. The molecule has 0 N–H and O–H groups in total. The second-order valence-corrected chi connectivity index (χ2v) is 3.99. The van der Waals surface area contributed by atoms with Crippen LogP contribution >= 0.6 is 11.6 Å². The summed E-state index contributed by atoms with van der Waals surface area (Å²) >= 11 is 5.57. The summed E-state index contributed by atoms with van der Waals surface area (Å²) in [7, 11) is 0. The predicted molar refractivity (Wildman–Crippen MR) is 67.7 cm³/mol. The molecule has 0 aliphatic carbocycles. The number of ether oxygens (including phenoxy) is 1. The van der Waals surface area contributed by atoms with Crippen molar-refractivity contribution < 1.29 is 9.53 Å². The van der Waals surface area contributed by atoms with Crippen LogP contribution in [0.2, 0.25) is 0 Å². The van der Waals surface area contributed by atoms with Gasteiger partial charge in [0.05, 0.1) is 12.1 Å². The summed E-state index contributed by atoms with van der Waals surface area (Å²) in [4.78, 5) is 15.7. The average Bonchev–Trinajstić information content (AvgIpc) is 2.35. The molecular formula is C13H12ClNO2. The van der Waals surface area contributed by atoms with Gasteiger partial charge in [-0.1, -0.05) is 25.1 Å². The molecule has 0 aliphatic rings. The highest BCUT2D eigenvalue weighted by atomic mass is 35.5. The molecular weight excluding hydrogens is 238 g/mol. The lowest BCUT2D eigenvalue weighted by atomic mass is 10.1. The van der Waals surface area contributed by atoms with E-state index in [0.717, 1.165) is 11.8 Å². The fourth-order valence-corrected chi connectivity index (χ4v) is 1.75. The zero-order valence-corrected chi connectivity index (χ0v) is 10.2. The molecule has 0 saturated carbocycles. The molecule has 1 aromatic heterocycles. The Morgan fingerprint density at radius 1 is 1.41 bits per heavy atom. The second kappa shape index (κ2) is 5.15. The molecule has 2 rings (SSSR count). The van der Waals surface area contributed by atoms with E-state index < -0.39 is 5.24 Å². The van der Waals surface area contributed by atoms with Gasteiger partial charge in [0.2, 0.25) is 5.88 Å². The first kappa shape index (κ1) is 11.9. The van der Waals surface area contributed by atoms with Crippen molar-refractivity contribution in [2.24, 2.45) is 0 Å². The maximum atomic E-state index is 11.4. The molecule has 3 nitrogen and oxygen atoms in total. The van der Waals surface area contributed by atoms with Crippen molar-refractivity contribution in [1.82, 2.24) is 4.98 Å². The topological polar surface area (TPSA) is 39.2 Å². The Morgan fingerprint density at radius 2 is 2.18 bits per heavy atom. The number of pyridine rings is 1. The Morgan fingerprint density at radius 3 is 2.88 bits per heavy atom. The van der Waals surface area contributed by atoms with Crippen LogP contribution < -0.4 is 4.74 Å². The normalized spacial score (nSPS) is 10.5. The van der Waals surface area contributed by atoms with E-state index in [-0.39, 0.29) is 0 Å². The lowest BCUT2D eigenvalue weighted by Crippen LogP contribution is -2.00. The Labute approximate surface area is 104 Å². The Bertz CT molecular complexity index is 554. The fourth-order valence-electron chi connectivity index (χ4n) is 1.59. The molecule has 0 spiro atoms. The Balaban J connectivity index is 2.55. The van der Waals surface area contributed by atoms with Crippen molar-refractivity contribution in [1.29, 1.82) is 0 Å². The van der Waals surface area contributed by atoms with E-state index in [1.54, 1.807) is 6.07 Å². The third-order valence-electron chi connectivity index (χ3n) is 2.36. The SMILES string of the molecule is CCCOc1cc(C(=O)Cl)c2ccccc2n1. The second-order valence-electron chi connectivity index (χ2n) is 3.65. The molecule has 0 radical (unpaired) electrons. The van der Waals surface area contributed by atoms with Gasteiger partial charge in [-0.3, -0.25) is 4.79 Å². The van der Waals surface area contributed by atoms with Crippen LogP contribution in [0, 0.1) is 0 Å². The number of carbonyl (C=O) groups excluding carboxylic acids is 1. The summed E-state index contributed by atoms with van der Waals surface area (Å²) in [5, 5.41) is 0.251. The molecule has 0 fully saturated rings. The lowest BCUT2D eigenvalue weighted by molar-refractivity contribution is 0.108. The number of hydrogen-bond acceptors (Lipinski definition) is 3. The van der Waals surface area contributed by atoms with E-state index >= 15 is 0 Å². The van der Waals surface area contributed by atoms with Crippen molar-refractivity contribution in [2.75, 3.05) is 6.61 Å². The molecule has 17 heavy (non-hydrogen) atoms. The molecule has 0 atom stereocenters. The number of aromatic nitrogens is 1. The monoisotopic (exact) mass is 249 g/mol. The van der Waals surface area contributed by atoms with Gasteiger partial charge in [-0.05, 0) is 24.1 Å². The van der Waals surface area contributed by atoms with Gasteiger partial charge in [-0.25, -0.2) is 4.98 Å². The summed E-state index contributed by atoms with van der Waals surface area (Å²) in [6, 6.07) is 8.95. The van der Waals surface area contributed by atoms with E-state index in [4.69, 9.17) is 16.3 Å². The zero-order chi connectivity index (χ0) is 12.3. The van der Waals surface area contributed by atoms with E-state index in [0.29, 0.717) is 23.6 Å². The quantitative estimate of drug-likeness (QED) is 0.780. The number of hydrogen-bond donors (Lipinski definition) is 0. The summed E-state index contributed by atoms with van der Waals surface area (Å²) in [6.07, 6.45) is 0.888. The van der Waals surface area contributed by atoms with Crippen LogP contribution in [-0.4, -0.2) is 16.8 Å². The van der Waals surface area contributed by atoms with Gasteiger partial charge in [0, 0.05) is 17.0 Å². The van der Waals surface area contributed by atoms with Crippen LogP contribution in [0.15, 0.2) is 30.3 Å². The van der Waals surface area contributed by atoms with Gasteiger partial charge >= 0.3 is 0 Å². The van der Waals surface area contributed by atoms with Crippen LogP contribution in [0.1, 0.15) is 23.7 Å². The minimum Gasteiger partial charge on any atom is -0.478 e. The van der Waals surface area contributed by atoms with Crippen molar-refractivity contribution in [2.45, 2.75) is 13.3 Å². The summed E-state index contributed by atoms with van der Waals surface area (Å²) < 4.78 is 5.43. The van der Waals surface area contributed by atoms with E-state index in [9.17, 15) is 4.79 Å². The average molecular weight is 250 g/mol. The fraction of sp³-hybridized carbons (Fsp3) is 0.231. The number of rotatable bonds is 4. The largest absolute Gasteiger partial charge is 0.478 e. The standard InChI is InChI=1S/C13H12ClNO2/c1-2-7-17-12-8-10(13(14)16)9-5-3-4-6-11(9)15-12/h3-6,8H,2,7H2,1H3. The molecule has 0 unspecified atom stereocenters. The van der Waals surface area contributed by atoms with Crippen LogP contribution in [0.5, 0.6) is 5.88 Å². The molecule has 1 heterocycles. The molecule has 4 heteroatoms. The summed E-state index contributed by atoms with van der Waals surface area (Å²) in [5.41, 5.74) is 1.15. The minimum absolute atomic E-state index is 0.434. The predicted octanol–water partition coefficient (Wildman–Crippen LogP) is 3.40. The Kier molecular flexibility index (Phi) is 3.59. The van der Waals surface area contributed by atoms with Gasteiger partial charge < -0.3 is 4.74 Å². The maximum absolute atomic E-state index is 11.4. The van der Waals surface area contributed by atoms with E-state index in [2.05, 4.69) is 4.98 Å². The number of carbonyl (C=O) groups is 1. The highest BCUT2D eigenvalue weighted by Crippen LogP contribution is 2.23. The molecule has 0 amide bonds. The van der Waals surface area contributed by atoms with E-state index in [1.165, 1.54) is 0 Å². The summed E-state index contributed by atoms with van der Waals surface area (Å²) in [5.74, 6) is 0.439. The third kappa shape index (κ3) is 2.56. The number of fused-ring (bicyclic) bond motifs is 1. The van der Waals surface area contributed by atoms with E-state index in [1.807, 2.05) is 31.2 Å². The highest BCUT2D eigenvalue weighted by Gasteiger charge is 2.11. The van der Waals surface area contributed by atoms with Crippen LogP contribution in [0.25, 0.3) is 10.9 Å². The highest BCUT2D eigenvalue weighted by molar-refractivity contribution is 6.68. The van der Waals surface area contributed by atoms with Crippen molar-refractivity contribution in [3.8, 4) is 5.88 Å². The van der Waals surface area contributed by atoms with Gasteiger partial charge in [0.1, 0.15) is 0 Å². The first-order valence-electron chi connectivity index (χ1n) is 5.44. The van der Waals surface area contributed by atoms with Crippen molar-refractivity contribution >= 4 is 27.7 Å². The first-order chi connectivity index (χ1) is 8.22. The van der Waals surface area contributed by atoms with Crippen LogP contribution in [0.4, 0.5) is 0 Å². The first-order valence-corrected chi connectivity index (χ1v) is 5.82. The molecule has 1 aromatic carbocycles. The minimum atomic E-state index is -0.495. The number of nitrogens with zero attached hydrogens (tertiary/aromatic N) is 1. The molecule has 88 valence electrons. The van der Waals surface area contributed by atoms with Gasteiger partial charge in [-0.15, -0.1) is 0 Å². The number of benzene rings is 1. The van der Waals surface area contributed by atoms with Crippen LogP contribution in [0.3, 0.4) is 0 Å². The van der Waals surface area contributed by atoms with Crippen molar-refractivity contribution in [3.05, 3.63) is 35.9 Å². The lowest BCUT2D eigenvalue weighted by Gasteiger charge is -2.07. The van der Waals surface area contributed by atoms with Crippen molar-refractivity contribution in [3.63, 3.8) is 0 Å². The van der Waals surface area contributed by atoms with Gasteiger partial charge in [-0.2, -0.15) is 0 Å². The molecule has 0 bridgehead atoms. The maximum Gasteiger partial charge on any atom is 0.253 e. The summed E-state index contributed by atoms with van der Waals surface area (Å²) in [6.45, 7) is 2.58. The number of halogens is 1. The van der Waals surface area contributed by atoms with Gasteiger partial charge in [0.15, 0.2) is 0 Å². The van der Waals surface area contributed by atoms with Crippen LogP contribution in [-0.2, 0) is 0 Å². The van der Waals surface area contributed by atoms with Gasteiger partial charge in [0.25, 0.3) is 5.24 Å². The molecule has 2 aromatic rings. The molecule has 0 saturated heterocycles. The smallest absolute Gasteiger partial charge is 0.253 e.